The van der Waals surface area contributed by atoms with Gasteiger partial charge in [0.25, 0.3) is 0 Å². The molecule has 1 aliphatic heterocycles. The Balaban J connectivity index is 2.21. The number of nitrogens with zero attached hydrogens (tertiary/aromatic N) is 1. The van der Waals surface area contributed by atoms with Crippen LogP contribution in [0.3, 0.4) is 0 Å². The minimum absolute atomic E-state index is 0.0637. The molecule has 1 heterocycles. The van der Waals surface area contributed by atoms with E-state index < -0.39 is 26.6 Å². The zero-order chi connectivity index (χ0) is 15.6. The molecule has 1 aromatic rings. The zero-order valence-electron chi connectivity index (χ0n) is 11.5. The lowest BCUT2D eigenvalue weighted by Gasteiger charge is -2.30. The smallest absolute Gasteiger partial charge is 0.248 e. The van der Waals surface area contributed by atoms with E-state index in [4.69, 9.17) is 0 Å². The molecular formula is C13H16F2N2O3S. The highest BCUT2D eigenvalue weighted by Crippen LogP contribution is 2.27. The maximum atomic E-state index is 13.7. The first-order valence-corrected chi connectivity index (χ1v) is 7.97. The normalized spacial score (nSPS) is 17.7. The van der Waals surface area contributed by atoms with Crippen LogP contribution in [0, 0.1) is 17.6 Å². The van der Waals surface area contributed by atoms with Gasteiger partial charge in [-0.2, -0.15) is 4.31 Å². The molecule has 0 radical (unpaired) electrons. The van der Waals surface area contributed by atoms with Crippen molar-refractivity contribution in [2.45, 2.75) is 17.7 Å². The predicted octanol–water partition coefficient (Wildman–Crippen LogP) is 1.11. The second-order valence-electron chi connectivity index (χ2n) is 4.84. The first-order valence-electron chi connectivity index (χ1n) is 6.53. The van der Waals surface area contributed by atoms with Crippen LogP contribution in [0.25, 0.3) is 0 Å². The Morgan fingerprint density at radius 1 is 1.24 bits per heavy atom. The molecule has 1 fully saturated rings. The largest absolute Gasteiger partial charge is 0.359 e. The number of sulfonamides is 1. The Hall–Kier alpha value is -1.54. The number of carbonyl (C=O) groups is 1. The number of hydrogen-bond acceptors (Lipinski definition) is 3. The van der Waals surface area contributed by atoms with E-state index in [1.165, 1.54) is 7.05 Å². The van der Waals surface area contributed by atoms with E-state index >= 15 is 0 Å². The Labute approximate surface area is 122 Å². The van der Waals surface area contributed by atoms with E-state index in [-0.39, 0.29) is 24.9 Å². The van der Waals surface area contributed by atoms with Crippen molar-refractivity contribution in [1.82, 2.24) is 9.62 Å². The van der Waals surface area contributed by atoms with Crippen molar-refractivity contribution in [3.05, 3.63) is 29.8 Å². The van der Waals surface area contributed by atoms with Crippen molar-refractivity contribution >= 4 is 15.9 Å². The van der Waals surface area contributed by atoms with E-state index in [0.29, 0.717) is 12.8 Å². The number of benzene rings is 1. The maximum absolute atomic E-state index is 13.7. The average Bonchev–Trinajstić information content (AvgIpc) is 2.46. The Kier molecular flexibility index (Phi) is 4.58. The van der Waals surface area contributed by atoms with E-state index in [1.54, 1.807) is 0 Å². The summed E-state index contributed by atoms with van der Waals surface area (Å²) < 4.78 is 53.0. The van der Waals surface area contributed by atoms with Gasteiger partial charge in [-0.15, -0.1) is 0 Å². The highest BCUT2D eigenvalue weighted by atomic mass is 32.2. The Bertz CT molecular complexity index is 621. The number of carbonyl (C=O) groups excluding carboxylic acids is 1. The third kappa shape index (κ3) is 3.06. The fraction of sp³-hybridized carbons (Fsp3) is 0.462. The summed E-state index contributed by atoms with van der Waals surface area (Å²) in [4.78, 5) is 10.6. The molecule has 116 valence electrons. The van der Waals surface area contributed by atoms with Crippen LogP contribution >= 0.6 is 0 Å². The van der Waals surface area contributed by atoms with Crippen molar-refractivity contribution in [3.8, 4) is 0 Å². The summed E-state index contributed by atoms with van der Waals surface area (Å²) in [6.07, 6.45) is 0.657. The lowest BCUT2D eigenvalue weighted by molar-refractivity contribution is -0.125. The third-order valence-electron chi connectivity index (χ3n) is 3.59. The second-order valence-corrected chi connectivity index (χ2v) is 6.72. The van der Waals surface area contributed by atoms with E-state index in [0.717, 1.165) is 22.5 Å². The lowest BCUT2D eigenvalue weighted by Crippen LogP contribution is -2.42. The standard InChI is InChI=1S/C13H16F2N2O3S/c1-16-13(18)9-5-7-17(8-6-9)21(19,20)12-10(14)3-2-4-11(12)15/h2-4,9H,5-8H2,1H3,(H,16,18). The average molecular weight is 318 g/mol. The summed E-state index contributed by atoms with van der Waals surface area (Å²) in [6.45, 7) is 0.127. The molecule has 0 unspecified atom stereocenters. The minimum Gasteiger partial charge on any atom is -0.359 e. The van der Waals surface area contributed by atoms with Crippen LogP contribution in [0.15, 0.2) is 23.1 Å². The van der Waals surface area contributed by atoms with Gasteiger partial charge in [0.2, 0.25) is 15.9 Å². The number of halogens is 2. The monoisotopic (exact) mass is 318 g/mol. The lowest BCUT2D eigenvalue weighted by atomic mass is 9.97. The molecule has 1 aliphatic rings. The van der Waals surface area contributed by atoms with Crippen molar-refractivity contribution in [2.75, 3.05) is 20.1 Å². The predicted molar refractivity (Wildman–Crippen MR) is 71.9 cm³/mol. The van der Waals surface area contributed by atoms with Gasteiger partial charge in [0.05, 0.1) is 0 Å². The van der Waals surface area contributed by atoms with Gasteiger partial charge >= 0.3 is 0 Å². The van der Waals surface area contributed by atoms with Gasteiger partial charge in [-0.25, -0.2) is 17.2 Å². The molecule has 0 spiro atoms. The number of nitrogens with one attached hydrogen (secondary N) is 1. The summed E-state index contributed by atoms with van der Waals surface area (Å²) in [5.74, 6) is -2.64. The van der Waals surface area contributed by atoms with Crippen LogP contribution in [0.2, 0.25) is 0 Å². The molecule has 0 aliphatic carbocycles. The van der Waals surface area contributed by atoms with Crippen molar-refractivity contribution < 1.29 is 22.0 Å². The molecule has 0 saturated carbocycles. The van der Waals surface area contributed by atoms with Crippen LogP contribution in [0.4, 0.5) is 8.78 Å². The molecule has 21 heavy (non-hydrogen) atoms. The van der Waals surface area contributed by atoms with Gasteiger partial charge in [-0.1, -0.05) is 6.07 Å². The summed E-state index contributed by atoms with van der Waals surface area (Å²) in [6, 6.07) is 2.93. The van der Waals surface area contributed by atoms with Crippen molar-refractivity contribution in [2.24, 2.45) is 5.92 Å². The highest BCUT2D eigenvalue weighted by Gasteiger charge is 2.34. The van der Waals surface area contributed by atoms with Crippen LogP contribution in [0.5, 0.6) is 0 Å². The first kappa shape index (κ1) is 15.8. The summed E-state index contributed by atoms with van der Waals surface area (Å²) in [5, 5.41) is 2.51. The van der Waals surface area contributed by atoms with E-state index in [9.17, 15) is 22.0 Å². The van der Waals surface area contributed by atoms with E-state index in [2.05, 4.69) is 5.32 Å². The fourth-order valence-corrected chi connectivity index (χ4v) is 4.00. The SMILES string of the molecule is CNC(=O)C1CCN(S(=O)(=O)c2c(F)cccc2F)CC1. The van der Waals surface area contributed by atoms with Gasteiger partial charge < -0.3 is 5.32 Å². The van der Waals surface area contributed by atoms with Crippen molar-refractivity contribution in [3.63, 3.8) is 0 Å². The summed E-state index contributed by atoms with van der Waals surface area (Å²) in [7, 11) is -2.71. The second kappa shape index (κ2) is 6.07. The quantitative estimate of drug-likeness (QED) is 0.908. The molecule has 5 nitrogen and oxygen atoms in total. The van der Waals surface area contributed by atoms with Gasteiger partial charge in [0.15, 0.2) is 4.90 Å². The Morgan fingerprint density at radius 2 is 1.76 bits per heavy atom. The number of piperidine rings is 1. The molecular weight excluding hydrogens is 302 g/mol. The highest BCUT2D eigenvalue weighted by molar-refractivity contribution is 7.89. The fourth-order valence-electron chi connectivity index (χ4n) is 2.42. The van der Waals surface area contributed by atoms with Gasteiger partial charge in [-0.3, -0.25) is 4.79 Å². The molecule has 1 saturated heterocycles. The molecule has 1 N–H and O–H groups in total. The first-order chi connectivity index (χ1) is 9.87. The van der Waals surface area contributed by atoms with Gasteiger partial charge in [0.1, 0.15) is 11.6 Å². The van der Waals surface area contributed by atoms with Crippen LogP contribution in [-0.2, 0) is 14.8 Å². The van der Waals surface area contributed by atoms with Crippen LogP contribution < -0.4 is 5.32 Å². The van der Waals surface area contributed by atoms with Crippen molar-refractivity contribution in [1.29, 1.82) is 0 Å². The topological polar surface area (TPSA) is 66.5 Å². The zero-order valence-corrected chi connectivity index (χ0v) is 12.3. The molecule has 1 aromatic carbocycles. The Morgan fingerprint density at radius 3 is 2.24 bits per heavy atom. The molecule has 8 heteroatoms. The number of rotatable bonds is 3. The molecule has 0 atom stereocenters. The third-order valence-corrected chi connectivity index (χ3v) is 5.54. The summed E-state index contributed by atoms with van der Waals surface area (Å²) in [5.41, 5.74) is 0. The molecule has 0 bridgehead atoms. The maximum Gasteiger partial charge on any atom is 0.248 e. The number of amides is 1. The molecule has 2 rings (SSSR count). The van der Waals surface area contributed by atoms with Crippen LogP contribution in [-0.4, -0.2) is 38.8 Å². The van der Waals surface area contributed by atoms with Gasteiger partial charge in [0, 0.05) is 26.1 Å². The van der Waals surface area contributed by atoms with E-state index in [1.807, 2.05) is 0 Å². The summed E-state index contributed by atoms with van der Waals surface area (Å²) >= 11 is 0. The minimum atomic E-state index is -4.23. The van der Waals surface area contributed by atoms with Gasteiger partial charge in [-0.05, 0) is 25.0 Å². The number of hydrogen-bond donors (Lipinski definition) is 1. The van der Waals surface area contributed by atoms with Crippen LogP contribution in [0.1, 0.15) is 12.8 Å². The molecule has 0 aromatic heterocycles. The molecule has 1 amide bonds.